The smallest absolute Gasteiger partial charge is 0.325 e. The zero-order valence-corrected chi connectivity index (χ0v) is 9.52. The number of rotatable bonds is 4. The highest BCUT2D eigenvalue weighted by molar-refractivity contribution is 5.96. The van der Waals surface area contributed by atoms with E-state index in [9.17, 15) is 9.59 Å². The van der Waals surface area contributed by atoms with E-state index in [2.05, 4.69) is 5.16 Å². The van der Waals surface area contributed by atoms with Crippen molar-refractivity contribution in [2.75, 3.05) is 20.2 Å². The lowest BCUT2D eigenvalue weighted by Gasteiger charge is -2.14. The summed E-state index contributed by atoms with van der Waals surface area (Å²) in [6.07, 6.45) is 1.33. The van der Waals surface area contributed by atoms with Crippen molar-refractivity contribution in [2.45, 2.75) is 13.8 Å². The Labute approximate surface area is 93.1 Å². The lowest BCUT2D eigenvalue weighted by Crippen LogP contribution is -2.33. The maximum absolute atomic E-state index is 11.8. The van der Waals surface area contributed by atoms with E-state index in [1.165, 1.54) is 18.1 Å². The molecule has 0 aliphatic rings. The van der Waals surface area contributed by atoms with Crippen molar-refractivity contribution in [3.63, 3.8) is 0 Å². The van der Waals surface area contributed by atoms with Gasteiger partial charge in [-0.3, -0.25) is 9.59 Å². The fourth-order valence-corrected chi connectivity index (χ4v) is 1.18. The van der Waals surface area contributed by atoms with Crippen LogP contribution in [0.25, 0.3) is 0 Å². The Morgan fingerprint density at radius 3 is 2.75 bits per heavy atom. The predicted molar refractivity (Wildman–Crippen MR) is 54.8 cm³/mol. The van der Waals surface area contributed by atoms with Gasteiger partial charge in [0.15, 0.2) is 0 Å². The summed E-state index contributed by atoms with van der Waals surface area (Å²) >= 11 is 0. The SMILES string of the molecule is CCOC(=O)CN(C)C(=O)c1cnoc1C. The number of hydrogen-bond acceptors (Lipinski definition) is 5. The Morgan fingerprint density at radius 1 is 1.56 bits per heavy atom. The fourth-order valence-electron chi connectivity index (χ4n) is 1.18. The summed E-state index contributed by atoms with van der Waals surface area (Å²) in [5, 5.41) is 3.50. The number of hydrogen-bond donors (Lipinski definition) is 0. The summed E-state index contributed by atoms with van der Waals surface area (Å²) in [6, 6.07) is 0. The normalized spacial score (nSPS) is 9.94. The molecule has 0 unspecified atom stereocenters. The van der Waals surface area contributed by atoms with Crippen LogP contribution in [0.3, 0.4) is 0 Å². The Kier molecular flexibility index (Phi) is 4.04. The number of esters is 1. The van der Waals surface area contributed by atoms with Crippen molar-refractivity contribution in [3.8, 4) is 0 Å². The van der Waals surface area contributed by atoms with E-state index in [0.717, 1.165) is 0 Å². The molecule has 0 radical (unpaired) electrons. The summed E-state index contributed by atoms with van der Waals surface area (Å²) < 4.78 is 9.51. The Balaban J connectivity index is 2.61. The van der Waals surface area contributed by atoms with E-state index >= 15 is 0 Å². The third kappa shape index (κ3) is 2.82. The van der Waals surface area contributed by atoms with Crippen molar-refractivity contribution in [2.24, 2.45) is 0 Å². The average molecular weight is 226 g/mol. The molecule has 0 saturated carbocycles. The lowest BCUT2D eigenvalue weighted by atomic mass is 10.2. The minimum atomic E-state index is -0.438. The second-order valence-corrected chi connectivity index (χ2v) is 3.26. The second-order valence-electron chi connectivity index (χ2n) is 3.26. The first-order chi connectivity index (χ1) is 7.56. The molecule has 0 N–H and O–H groups in total. The molecule has 6 nitrogen and oxygen atoms in total. The summed E-state index contributed by atoms with van der Waals surface area (Å²) in [4.78, 5) is 24.2. The van der Waals surface area contributed by atoms with E-state index in [1.807, 2.05) is 0 Å². The fraction of sp³-hybridized carbons (Fsp3) is 0.500. The number of aryl methyl sites for hydroxylation is 1. The molecule has 0 saturated heterocycles. The van der Waals surface area contributed by atoms with Crippen LogP contribution in [-0.4, -0.2) is 42.1 Å². The first-order valence-corrected chi connectivity index (χ1v) is 4.88. The number of ether oxygens (including phenoxy) is 1. The molecule has 6 heteroatoms. The summed E-state index contributed by atoms with van der Waals surface area (Å²) in [6.45, 7) is 3.56. The van der Waals surface area contributed by atoms with E-state index in [4.69, 9.17) is 9.26 Å². The Bertz CT molecular complexity index is 386. The summed E-state index contributed by atoms with van der Waals surface area (Å²) in [5.41, 5.74) is 0.354. The maximum atomic E-state index is 11.8. The monoisotopic (exact) mass is 226 g/mol. The molecule has 88 valence electrons. The molecule has 16 heavy (non-hydrogen) atoms. The standard InChI is InChI=1S/C10H14N2O4/c1-4-15-9(13)6-12(3)10(14)8-5-11-16-7(8)2/h5H,4,6H2,1-3H3. The molecule has 1 rings (SSSR count). The highest BCUT2D eigenvalue weighted by atomic mass is 16.5. The van der Waals surface area contributed by atoms with Gasteiger partial charge >= 0.3 is 5.97 Å². The second kappa shape index (κ2) is 5.29. The molecule has 0 aliphatic heterocycles. The minimum Gasteiger partial charge on any atom is -0.465 e. The third-order valence-electron chi connectivity index (χ3n) is 2.00. The van der Waals surface area contributed by atoms with Gasteiger partial charge in [-0.1, -0.05) is 5.16 Å². The van der Waals surface area contributed by atoms with Crippen LogP contribution in [0.15, 0.2) is 10.7 Å². The van der Waals surface area contributed by atoms with Gasteiger partial charge in [-0.05, 0) is 13.8 Å². The number of aromatic nitrogens is 1. The summed E-state index contributed by atoms with van der Waals surface area (Å²) in [7, 11) is 1.52. The van der Waals surface area contributed by atoms with Gasteiger partial charge in [0.1, 0.15) is 17.9 Å². The molecule has 0 aliphatic carbocycles. The van der Waals surface area contributed by atoms with Crippen LogP contribution in [0.2, 0.25) is 0 Å². The molecule has 1 heterocycles. The molecule has 1 amide bonds. The number of amides is 1. The van der Waals surface area contributed by atoms with E-state index in [1.54, 1.807) is 13.8 Å². The van der Waals surface area contributed by atoms with Gasteiger partial charge < -0.3 is 14.2 Å². The van der Waals surface area contributed by atoms with Crippen molar-refractivity contribution >= 4 is 11.9 Å². The van der Waals surface area contributed by atoms with E-state index < -0.39 is 5.97 Å². The van der Waals surface area contributed by atoms with E-state index in [0.29, 0.717) is 17.9 Å². The summed E-state index contributed by atoms with van der Waals surface area (Å²) in [5.74, 6) is -0.319. The van der Waals surface area contributed by atoms with E-state index in [-0.39, 0.29) is 12.5 Å². The first kappa shape index (κ1) is 12.2. The van der Waals surface area contributed by atoms with Crippen molar-refractivity contribution in [1.29, 1.82) is 0 Å². The number of likely N-dealkylation sites (N-methyl/N-ethyl adjacent to an activating group) is 1. The van der Waals surface area contributed by atoms with Crippen molar-refractivity contribution in [3.05, 3.63) is 17.5 Å². The Hall–Kier alpha value is -1.85. The highest BCUT2D eigenvalue weighted by Gasteiger charge is 2.19. The van der Waals surface area contributed by atoms with Crippen LogP contribution in [0.1, 0.15) is 23.0 Å². The van der Waals surface area contributed by atoms with Crippen molar-refractivity contribution in [1.82, 2.24) is 10.1 Å². The molecule has 1 aromatic rings. The number of carbonyl (C=O) groups excluding carboxylic acids is 2. The van der Waals surface area contributed by atoms with Gasteiger partial charge in [0, 0.05) is 7.05 Å². The van der Waals surface area contributed by atoms with Gasteiger partial charge in [0.05, 0.1) is 12.8 Å². The van der Waals surface area contributed by atoms with Crippen LogP contribution >= 0.6 is 0 Å². The molecule has 1 aromatic heterocycles. The van der Waals surface area contributed by atoms with Gasteiger partial charge in [-0.2, -0.15) is 0 Å². The zero-order valence-electron chi connectivity index (χ0n) is 9.52. The Morgan fingerprint density at radius 2 is 2.25 bits per heavy atom. The number of nitrogens with zero attached hydrogens (tertiary/aromatic N) is 2. The van der Waals surface area contributed by atoms with Gasteiger partial charge in [0.2, 0.25) is 0 Å². The predicted octanol–water partition coefficient (Wildman–Crippen LogP) is 0.618. The molecule has 0 bridgehead atoms. The quantitative estimate of drug-likeness (QED) is 0.703. The average Bonchev–Trinajstić information content (AvgIpc) is 2.63. The molecule has 0 spiro atoms. The topological polar surface area (TPSA) is 72.6 Å². The van der Waals surface area contributed by atoms with Crippen LogP contribution in [0.4, 0.5) is 0 Å². The molecule has 0 atom stereocenters. The lowest BCUT2D eigenvalue weighted by molar-refractivity contribution is -0.143. The molecule has 0 fully saturated rings. The minimum absolute atomic E-state index is 0.0860. The largest absolute Gasteiger partial charge is 0.465 e. The maximum Gasteiger partial charge on any atom is 0.325 e. The van der Waals surface area contributed by atoms with Gasteiger partial charge in [-0.15, -0.1) is 0 Å². The van der Waals surface area contributed by atoms with Gasteiger partial charge in [0.25, 0.3) is 5.91 Å². The van der Waals surface area contributed by atoms with Crippen LogP contribution in [0, 0.1) is 6.92 Å². The zero-order chi connectivity index (χ0) is 12.1. The third-order valence-corrected chi connectivity index (χ3v) is 2.00. The number of carbonyl (C=O) groups is 2. The van der Waals surface area contributed by atoms with Crippen LogP contribution in [0.5, 0.6) is 0 Å². The van der Waals surface area contributed by atoms with Crippen molar-refractivity contribution < 1.29 is 18.8 Å². The molecular weight excluding hydrogens is 212 g/mol. The van der Waals surface area contributed by atoms with Crippen LogP contribution in [-0.2, 0) is 9.53 Å². The molecular formula is C10H14N2O4. The van der Waals surface area contributed by atoms with Crippen LogP contribution < -0.4 is 0 Å². The first-order valence-electron chi connectivity index (χ1n) is 4.88. The van der Waals surface area contributed by atoms with Gasteiger partial charge in [-0.25, -0.2) is 0 Å². The highest BCUT2D eigenvalue weighted by Crippen LogP contribution is 2.08. The molecule has 0 aromatic carbocycles.